The first-order valence-corrected chi connectivity index (χ1v) is 6.07. The van der Waals surface area contributed by atoms with Crippen molar-refractivity contribution in [2.24, 2.45) is 0 Å². The van der Waals surface area contributed by atoms with Crippen LogP contribution >= 0.6 is 0 Å². The highest BCUT2D eigenvalue weighted by molar-refractivity contribution is 5.54. The molecule has 0 bridgehead atoms. The lowest BCUT2D eigenvalue weighted by molar-refractivity contribution is 0.345. The van der Waals surface area contributed by atoms with E-state index in [1.807, 2.05) is 0 Å². The fourth-order valence-corrected chi connectivity index (χ4v) is 2.12. The van der Waals surface area contributed by atoms with Crippen LogP contribution in [0.2, 0.25) is 0 Å². The highest BCUT2D eigenvalue weighted by atomic mass is 19.1. The molecule has 1 N–H and O–H groups in total. The Bertz CT molecular complexity index is 561. The van der Waals surface area contributed by atoms with Crippen molar-refractivity contribution >= 4 is 0 Å². The Hall–Kier alpha value is -1.75. The van der Waals surface area contributed by atoms with Gasteiger partial charge in [0.25, 0.3) is 0 Å². The normalized spacial score (nSPS) is 19.3. The quantitative estimate of drug-likeness (QED) is 0.886. The Labute approximate surface area is 104 Å². The lowest BCUT2D eigenvalue weighted by Gasteiger charge is -2.01. The zero-order chi connectivity index (χ0) is 12.5. The van der Waals surface area contributed by atoms with Gasteiger partial charge in [0.1, 0.15) is 5.82 Å². The van der Waals surface area contributed by atoms with Gasteiger partial charge in [0.15, 0.2) is 0 Å². The van der Waals surface area contributed by atoms with Gasteiger partial charge in [0.05, 0.1) is 6.04 Å². The molecule has 1 fully saturated rings. The fourth-order valence-electron chi connectivity index (χ4n) is 2.12. The summed E-state index contributed by atoms with van der Waals surface area (Å²) in [6, 6.07) is 5.09. The zero-order valence-electron chi connectivity index (χ0n) is 10.1. The molecule has 2 aromatic rings. The topological polar surface area (TPSA) is 51.0 Å². The maximum Gasteiger partial charge on any atom is 0.244 e. The van der Waals surface area contributed by atoms with E-state index in [0.29, 0.717) is 22.8 Å². The Morgan fingerprint density at radius 2 is 2.33 bits per heavy atom. The van der Waals surface area contributed by atoms with Gasteiger partial charge < -0.3 is 9.84 Å². The van der Waals surface area contributed by atoms with Crippen LogP contribution in [0.5, 0.6) is 0 Å². The van der Waals surface area contributed by atoms with Crippen molar-refractivity contribution in [3.05, 3.63) is 35.5 Å². The van der Waals surface area contributed by atoms with Crippen LogP contribution in [0.4, 0.5) is 4.39 Å². The number of nitrogens with zero attached hydrogens (tertiary/aromatic N) is 2. The molecule has 0 aliphatic carbocycles. The van der Waals surface area contributed by atoms with E-state index in [9.17, 15) is 4.39 Å². The molecule has 5 heteroatoms. The van der Waals surface area contributed by atoms with Crippen molar-refractivity contribution in [3.8, 4) is 11.4 Å². The molecule has 0 spiro atoms. The van der Waals surface area contributed by atoms with E-state index in [2.05, 4.69) is 15.5 Å². The molecule has 1 aromatic heterocycles. The van der Waals surface area contributed by atoms with Crippen LogP contribution in [-0.2, 0) is 0 Å². The number of hydrogen-bond donors (Lipinski definition) is 1. The van der Waals surface area contributed by atoms with Crippen molar-refractivity contribution in [1.82, 2.24) is 15.5 Å². The standard InChI is InChI=1S/C13H14FN3O/c1-8-4-5-9(7-10(8)14)12-16-13(18-17-12)11-3-2-6-15-11/h4-5,7,11,15H,2-3,6H2,1H3/t11-/m0/s1. The number of halogens is 1. The first-order valence-electron chi connectivity index (χ1n) is 6.07. The van der Waals surface area contributed by atoms with Gasteiger partial charge in [-0.2, -0.15) is 4.98 Å². The van der Waals surface area contributed by atoms with E-state index in [0.717, 1.165) is 19.4 Å². The third-order valence-corrected chi connectivity index (χ3v) is 3.23. The summed E-state index contributed by atoms with van der Waals surface area (Å²) in [5.74, 6) is 0.777. The van der Waals surface area contributed by atoms with Crippen LogP contribution in [0.1, 0.15) is 30.3 Å². The van der Waals surface area contributed by atoms with Gasteiger partial charge in [-0.25, -0.2) is 4.39 Å². The van der Waals surface area contributed by atoms with E-state index >= 15 is 0 Å². The molecule has 4 nitrogen and oxygen atoms in total. The number of hydrogen-bond acceptors (Lipinski definition) is 4. The molecular weight excluding hydrogens is 233 g/mol. The molecule has 1 aromatic carbocycles. The van der Waals surface area contributed by atoms with Crippen LogP contribution in [0, 0.1) is 12.7 Å². The van der Waals surface area contributed by atoms with Gasteiger partial charge >= 0.3 is 0 Å². The Morgan fingerprint density at radius 1 is 1.44 bits per heavy atom. The SMILES string of the molecule is Cc1ccc(-c2noc([C@@H]3CCCN3)n2)cc1F. The minimum atomic E-state index is -0.252. The Morgan fingerprint density at radius 3 is 3.06 bits per heavy atom. The van der Waals surface area contributed by atoms with Gasteiger partial charge in [-0.15, -0.1) is 0 Å². The van der Waals surface area contributed by atoms with E-state index in [4.69, 9.17) is 4.52 Å². The molecule has 18 heavy (non-hydrogen) atoms. The largest absolute Gasteiger partial charge is 0.337 e. The number of rotatable bonds is 2. The van der Waals surface area contributed by atoms with E-state index < -0.39 is 0 Å². The Balaban J connectivity index is 1.89. The lowest BCUT2D eigenvalue weighted by Crippen LogP contribution is -2.12. The summed E-state index contributed by atoms with van der Waals surface area (Å²) in [5, 5.41) is 7.20. The van der Waals surface area contributed by atoms with Gasteiger partial charge in [0.2, 0.25) is 11.7 Å². The lowest BCUT2D eigenvalue weighted by atomic mass is 10.1. The van der Waals surface area contributed by atoms with Gasteiger partial charge in [-0.3, -0.25) is 0 Å². The second kappa shape index (κ2) is 4.49. The third kappa shape index (κ3) is 2.01. The van der Waals surface area contributed by atoms with Crippen LogP contribution in [0.3, 0.4) is 0 Å². The van der Waals surface area contributed by atoms with Crippen LogP contribution in [0.25, 0.3) is 11.4 Å². The maximum atomic E-state index is 13.5. The maximum absolute atomic E-state index is 13.5. The Kier molecular flexibility index (Phi) is 2.83. The average Bonchev–Trinajstić information content (AvgIpc) is 3.01. The average molecular weight is 247 g/mol. The second-order valence-electron chi connectivity index (χ2n) is 4.57. The highest BCUT2D eigenvalue weighted by Gasteiger charge is 2.22. The first-order chi connectivity index (χ1) is 8.74. The highest BCUT2D eigenvalue weighted by Crippen LogP contribution is 2.24. The molecule has 1 aliphatic rings. The first kappa shape index (κ1) is 11.3. The zero-order valence-corrected chi connectivity index (χ0v) is 10.1. The summed E-state index contributed by atoms with van der Waals surface area (Å²) in [5.41, 5.74) is 1.26. The van der Waals surface area contributed by atoms with Crippen LogP contribution in [-0.4, -0.2) is 16.7 Å². The molecule has 3 rings (SSSR count). The monoisotopic (exact) mass is 247 g/mol. The molecule has 0 saturated carbocycles. The van der Waals surface area contributed by atoms with Gasteiger partial charge in [0, 0.05) is 5.56 Å². The van der Waals surface area contributed by atoms with Crippen molar-refractivity contribution in [3.63, 3.8) is 0 Å². The molecule has 0 amide bonds. The van der Waals surface area contributed by atoms with Crippen molar-refractivity contribution in [2.45, 2.75) is 25.8 Å². The minimum Gasteiger partial charge on any atom is -0.337 e. The minimum absolute atomic E-state index is 0.140. The summed E-state index contributed by atoms with van der Waals surface area (Å²) in [4.78, 5) is 4.33. The van der Waals surface area contributed by atoms with Gasteiger partial charge in [-0.05, 0) is 37.9 Å². The fraction of sp³-hybridized carbons (Fsp3) is 0.385. The summed E-state index contributed by atoms with van der Waals surface area (Å²) in [7, 11) is 0. The van der Waals surface area contributed by atoms with Crippen molar-refractivity contribution < 1.29 is 8.91 Å². The number of aromatic nitrogens is 2. The van der Waals surface area contributed by atoms with Crippen LogP contribution in [0.15, 0.2) is 22.7 Å². The van der Waals surface area contributed by atoms with Crippen molar-refractivity contribution in [2.75, 3.05) is 6.54 Å². The van der Waals surface area contributed by atoms with E-state index in [1.165, 1.54) is 6.07 Å². The van der Waals surface area contributed by atoms with Crippen LogP contribution < -0.4 is 5.32 Å². The van der Waals surface area contributed by atoms with E-state index in [1.54, 1.807) is 19.1 Å². The van der Waals surface area contributed by atoms with Crippen molar-refractivity contribution in [1.29, 1.82) is 0 Å². The molecule has 1 saturated heterocycles. The predicted octanol–water partition coefficient (Wildman–Crippen LogP) is 2.61. The molecular formula is C13H14FN3O. The molecule has 94 valence electrons. The summed E-state index contributed by atoms with van der Waals surface area (Å²) < 4.78 is 18.7. The number of benzene rings is 1. The number of aryl methyl sites for hydroxylation is 1. The molecule has 1 aliphatic heterocycles. The summed E-state index contributed by atoms with van der Waals surface area (Å²) in [6.45, 7) is 2.70. The molecule has 1 atom stereocenters. The molecule has 2 heterocycles. The summed E-state index contributed by atoms with van der Waals surface area (Å²) >= 11 is 0. The van der Waals surface area contributed by atoms with Gasteiger partial charge in [-0.1, -0.05) is 17.3 Å². The third-order valence-electron chi connectivity index (χ3n) is 3.23. The predicted molar refractivity (Wildman–Crippen MR) is 64.4 cm³/mol. The molecule has 0 radical (unpaired) electrons. The molecule has 0 unspecified atom stereocenters. The smallest absolute Gasteiger partial charge is 0.244 e. The summed E-state index contributed by atoms with van der Waals surface area (Å²) in [6.07, 6.45) is 2.12. The number of nitrogens with one attached hydrogen (secondary N) is 1. The second-order valence-corrected chi connectivity index (χ2v) is 4.57. The van der Waals surface area contributed by atoms with E-state index in [-0.39, 0.29) is 11.9 Å².